The van der Waals surface area contributed by atoms with Crippen LogP contribution in [0.5, 0.6) is 0 Å². The van der Waals surface area contributed by atoms with Crippen LogP contribution in [0.2, 0.25) is 0 Å². The van der Waals surface area contributed by atoms with Crippen LogP contribution < -0.4 is 5.30 Å². The summed E-state index contributed by atoms with van der Waals surface area (Å²) >= 11 is 0. The summed E-state index contributed by atoms with van der Waals surface area (Å²) < 4.78 is 10.8. The Morgan fingerprint density at radius 1 is 1.00 bits per heavy atom. The van der Waals surface area contributed by atoms with E-state index in [9.17, 15) is 0 Å². The molecule has 0 amide bonds. The molecule has 0 atom stereocenters. The van der Waals surface area contributed by atoms with E-state index in [2.05, 4.69) is 0 Å². The van der Waals surface area contributed by atoms with Crippen LogP contribution in [-0.4, -0.2) is 13.2 Å². The molecule has 1 heterocycles. The summed E-state index contributed by atoms with van der Waals surface area (Å²) in [5, 5.41) is 1.17. The molecule has 2 rings (SSSR count). The number of hydrogen-bond acceptors (Lipinski definition) is 2. The third kappa shape index (κ3) is 1.59. The van der Waals surface area contributed by atoms with Crippen LogP contribution in [0.4, 0.5) is 0 Å². The lowest BCUT2D eigenvalue weighted by atomic mass is 10.4. The lowest BCUT2D eigenvalue weighted by Gasteiger charge is -2.05. The first-order chi connectivity index (χ1) is 5.47. The average molecular weight is 168 g/mol. The Labute approximate surface area is 67.1 Å². The summed E-state index contributed by atoms with van der Waals surface area (Å²) in [6.07, 6.45) is 0. The first-order valence-electron chi connectivity index (χ1n) is 3.58. The molecule has 1 aromatic rings. The normalized spacial score (nSPS) is 18.9. The molecule has 0 aliphatic carbocycles. The maximum Gasteiger partial charge on any atom is 0.205 e. The van der Waals surface area contributed by atoms with Crippen LogP contribution in [0.3, 0.4) is 0 Å². The molecule has 2 nitrogen and oxygen atoms in total. The first kappa shape index (κ1) is 7.23. The van der Waals surface area contributed by atoms with E-state index >= 15 is 0 Å². The minimum Gasteiger partial charge on any atom is -0.328 e. The standard InChI is InChI=1S/C8H9O2P/c1-2-4-8(5-3-1)11-9-6-7-10-11/h1-5H,6-7H2. The minimum atomic E-state index is -0.740. The summed E-state index contributed by atoms with van der Waals surface area (Å²) in [7, 11) is -0.740. The molecule has 0 unspecified atom stereocenters. The van der Waals surface area contributed by atoms with Gasteiger partial charge < -0.3 is 9.05 Å². The van der Waals surface area contributed by atoms with E-state index in [-0.39, 0.29) is 0 Å². The predicted molar refractivity (Wildman–Crippen MR) is 44.9 cm³/mol. The second kappa shape index (κ2) is 3.31. The average Bonchev–Trinajstić information content (AvgIpc) is 2.58. The fraction of sp³-hybridized carbons (Fsp3) is 0.250. The smallest absolute Gasteiger partial charge is 0.205 e. The molecule has 0 saturated carbocycles. The molecule has 0 N–H and O–H groups in total. The summed E-state index contributed by atoms with van der Waals surface area (Å²) in [5.74, 6) is 0. The lowest BCUT2D eigenvalue weighted by molar-refractivity contribution is 0.365. The van der Waals surface area contributed by atoms with E-state index in [1.807, 2.05) is 30.3 Å². The Morgan fingerprint density at radius 2 is 1.64 bits per heavy atom. The minimum absolute atomic E-state index is 0.737. The Morgan fingerprint density at radius 3 is 2.27 bits per heavy atom. The lowest BCUT2D eigenvalue weighted by Crippen LogP contribution is -1.98. The summed E-state index contributed by atoms with van der Waals surface area (Å²) in [5.41, 5.74) is 0. The second-order valence-electron chi connectivity index (χ2n) is 2.26. The summed E-state index contributed by atoms with van der Waals surface area (Å²) in [6, 6.07) is 10.1. The van der Waals surface area contributed by atoms with Gasteiger partial charge in [0.1, 0.15) is 0 Å². The Balaban J connectivity index is 2.16. The van der Waals surface area contributed by atoms with Crippen molar-refractivity contribution in [3.05, 3.63) is 30.3 Å². The highest BCUT2D eigenvalue weighted by atomic mass is 31.2. The number of benzene rings is 1. The zero-order valence-corrected chi connectivity index (χ0v) is 6.96. The van der Waals surface area contributed by atoms with E-state index in [4.69, 9.17) is 9.05 Å². The SMILES string of the molecule is c1ccc(P2OCCO2)cc1. The molecule has 1 aliphatic heterocycles. The number of hydrogen-bond donors (Lipinski definition) is 0. The molecular weight excluding hydrogens is 159 g/mol. The van der Waals surface area contributed by atoms with Crippen molar-refractivity contribution < 1.29 is 9.05 Å². The molecule has 0 bridgehead atoms. The van der Waals surface area contributed by atoms with E-state index in [0.717, 1.165) is 13.2 Å². The number of rotatable bonds is 1. The molecule has 0 spiro atoms. The van der Waals surface area contributed by atoms with Gasteiger partial charge in [-0.3, -0.25) is 0 Å². The molecular formula is C8H9O2P. The van der Waals surface area contributed by atoms with Crippen LogP contribution in [-0.2, 0) is 9.05 Å². The van der Waals surface area contributed by atoms with Gasteiger partial charge in [-0.25, -0.2) is 0 Å². The first-order valence-corrected chi connectivity index (χ1v) is 4.75. The van der Waals surface area contributed by atoms with E-state index in [1.165, 1.54) is 5.30 Å². The van der Waals surface area contributed by atoms with Gasteiger partial charge in [-0.2, -0.15) is 0 Å². The van der Waals surface area contributed by atoms with Gasteiger partial charge in [0, 0.05) is 5.30 Å². The molecule has 1 fully saturated rings. The van der Waals surface area contributed by atoms with Gasteiger partial charge in [-0.1, -0.05) is 18.2 Å². The zero-order valence-electron chi connectivity index (χ0n) is 6.06. The van der Waals surface area contributed by atoms with Crippen LogP contribution in [0, 0.1) is 0 Å². The summed E-state index contributed by atoms with van der Waals surface area (Å²) in [6.45, 7) is 1.47. The Hall–Kier alpha value is -0.430. The van der Waals surface area contributed by atoms with E-state index in [0.29, 0.717) is 0 Å². The van der Waals surface area contributed by atoms with Gasteiger partial charge >= 0.3 is 0 Å². The largest absolute Gasteiger partial charge is 0.328 e. The quantitative estimate of drug-likeness (QED) is 0.594. The van der Waals surface area contributed by atoms with Crippen LogP contribution >= 0.6 is 8.38 Å². The third-order valence-corrected chi connectivity index (χ3v) is 3.02. The van der Waals surface area contributed by atoms with Gasteiger partial charge in [-0.05, 0) is 12.1 Å². The molecule has 0 aromatic heterocycles. The highest BCUT2D eigenvalue weighted by Crippen LogP contribution is 2.40. The zero-order chi connectivity index (χ0) is 7.52. The second-order valence-corrected chi connectivity index (χ2v) is 3.81. The highest BCUT2D eigenvalue weighted by molar-refractivity contribution is 7.56. The maximum atomic E-state index is 5.38. The highest BCUT2D eigenvalue weighted by Gasteiger charge is 2.18. The molecule has 0 radical (unpaired) electrons. The predicted octanol–water partition coefficient (Wildman–Crippen LogP) is 1.67. The Bertz CT molecular complexity index is 219. The monoisotopic (exact) mass is 168 g/mol. The van der Waals surface area contributed by atoms with Crippen LogP contribution in [0.25, 0.3) is 0 Å². The van der Waals surface area contributed by atoms with Crippen LogP contribution in [0.15, 0.2) is 30.3 Å². The molecule has 1 aliphatic rings. The van der Waals surface area contributed by atoms with Gasteiger partial charge in [0.05, 0.1) is 13.2 Å². The van der Waals surface area contributed by atoms with Crippen molar-refractivity contribution in [1.29, 1.82) is 0 Å². The van der Waals surface area contributed by atoms with Gasteiger partial charge in [0.2, 0.25) is 8.38 Å². The van der Waals surface area contributed by atoms with Crippen molar-refractivity contribution in [2.75, 3.05) is 13.2 Å². The van der Waals surface area contributed by atoms with Crippen LogP contribution in [0.1, 0.15) is 0 Å². The van der Waals surface area contributed by atoms with Crippen molar-refractivity contribution in [2.24, 2.45) is 0 Å². The fourth-order valence-corrected chi connectivity index (χ4v) is 2.25. The molecule has 11 heavy (non-hydrogen) atoms. The van der Waals surface area contributed by atoms with Crippen molar-refractivity contribution in [1.82, 2.24) is 0 Å². The fourth-order valence-electron chi connectivity index (χ4n) is 0.976. The topological polar surface area (TPSA) is 18.5 Å². The Kier molecular flexibility index (Phi) is 2.18. The van der Waals surface area contributed by atoms with E-state index < -0.39 is 8.38 Å². The van der Waals surface area contributed by atoms with Gasteiger partial charge in [-0.15, -0.1) is 0 Å². The van der Waals surface area contributed by atoms with Gasteiger partial charge in [0.25, 0.3) is 0 Å². The van der Waals surface area contributed by atoms with Gasteiger partial charge in [0.15, 0.2) is 0 Å². The summed E-state index contributed by atoms with van der Waals surface area (Å²) in [4.78, 5) is 0. The molecule has 1 aromatic carbocycles. The molecule has 1 saturated heterocycles. The third-order valence-electron chi connectivity index (χ3n) is 1.47. The molecule has 58 valence electrons. The van der Waals surface area contributed by atoms with Crippen molar-refractivity contribution >= 4 is 13.7 Å². The molecule has 3 heteroatoms. The van der Waals surface area contributed by atoms with Crippen molar-refractivity contribution in [3.8, 4) is 0 Å². The van der Waals surface area contributed by atoms with Crippen molar-refractivity contribution in [3.63, 3.8) is 0 Å². The maximum absolute atomic E-state index is 5.38. The van der Waals surface area contributed by atoms with E-state index in [1.54, 1.807) is 0 Å². The van der Waals surface area contributed by atoms with Crippen molar-refractivity contribution in [2.45, 2.75) is 0 Å².